The number of aromatic nitrogens is 1. The molecule has 1 atom stereocenters. The predicted octanol–water partition coefficient (Wildman–Crippen LogP) is 3.50. The number of rotatable bonds is 1. The summed E-state index contributed by atoms with van der Waals surface area (Å²) in [5.74, 6) is 0. The maximum Gasteiger partial charge on any atom is 0.136 e. The van der Waals surface area contributed by atoms with Crippen molar-refractivity contribution < 1.29 is 5.11 Å². The summed E-state index contributed by atoms with van der Waals surface area (Å²) in [5, 5.41) is 12.2. The van der Waals surface area contributed by atoms with Crippen LogP contribution in [0.3, 0.4) is 0 Å². The van der Waals surface area contributed by atoms with E-state index in [0.29, 0.717) is 0 Å². The van der Waals surface area contributed by atoms with Gasteiger partial charge >= 0.3 is 0 Å². The predicted molar refractivity (Wildman–Crippen MR) is 80.2 cm³/mol. The maximum absolute atomic E-state index is 11.2. The summed E-state index contributed by atoms with van der Waals surface area (Å²) >= 11 is 0. The van der Waals surface area contributed by atoms with Gasteiger partial charge in [-0.3, -0.25) is 4.98 Å². The van der Waals surface area contributed by atoms with Crippen LogP contribution < -0.4 is 0 Å². The Morgan fingerprint density at radius 1 is 0.850 bits per heavy atom. The van der Waals surface area contributed by atoms with Gasteiger partial charge in [0.25, 0.3) is 0 Å². The monoisotopic (exact) mass is 259 g/mol. The van der Waals surface area contributed by atoms with Gasteiger partial charge in [-0.25, -0.2) is 0 Å². The first-order chi connectivity index (χ1) is 9.79. The van der Waals surface area contributed by atoms with Crippen LogP contribution >= 0.6 is 0 Å². The molecular formula is C18H13NO. The summed E-state index contributed by atoms with van der Waals surface area (Å²) in [6.07, 6.45) is 5.58. The minimum atomic E-state index is -1.09. The summed E-state index contributed by atoms with van der Waals surface area (Å²) in [5.41, 5.74) is 2.56. The van der Waals surface area contributed by atoms with Gasteiger partial charge in [-0.2, -0.15) is 0 Å². The molecule has 1 heterocycles. The van der Waals surface area contributed by atoms with E-state index >= 15 is 0 Å². The topological polar surface area (TPSA) is 33.1 Å². The lowest BCUT2D eigenvalue weighted by atomic mass is 9.87. The molecule has 0 saturated carbocycles. The second kappa shape index (κ2) is 4.02. The fraction of sp³-hybridized carbons (Fsp3) is 0.0556. The zero-order chi connectivity index (χ0) is 13.6. The molecule has 2 aromatic carbocycles. The highest BCUT2D eigenvalue weighted by atomic mass is 16.3. The van der Waals surface area contributed by atoms with Crippen LogP contribution in [0.4, 0.5) is 0 Å². The molecule has 4 rings (SSSR count). The molecule has 3 aromatic rings. The molecule has 1 N–H and O–H groups in total. The Bertz CT molecular complexity index is 832. The van der Waals surface area contributed by atoms with E-state index < -0.39 is 5.60 Å². The molecule has 0 saturated heterocycles. The quantitative estimate of drug-likeness (QED) is 0.725. The molecule has 0 spiro atoms. The van der Waals surface area contributed by atoms with Crippen LogP contribution in [-0.2, 0) is 5.60 Å². The molecule has 20 heavy (non-hydrogen) atoms. The first kappa shape index (κ1) is 11.4. The van der Waals surface area contributed by atoms with E-state index in [1.54, 1.807) is 6.20 Å². The first-order valence-corrected chi connectivity index (χ1v) is 6.64. The van der Waals surface area contributed by atoms with Crippen molar-refractivity contribution in [2.45, 2.75) is 5.60 Å². The second-order valence-corrected chi connectivity index (χ2v) is 5.07. The van der Waals surface area contributed by atoms with Crippen molar-refractivity contribution in [1.29, 1.82) is 0 Å². The summed E-state index contributed by atoms with van der Waals surface area (Å²) in [4.78, 5) is 4.45. The molecule has 1 aliphatic rings. The Morgan fingerprint density at radius 2 is 1.65 bits per heavy atom. The van der Waals surface area contributed by atoms with Gasteiger partial charge in [-0.05, 0) is 23.3 Å². The molecule has 96 valence electrons. The fourth-order valence-electron chi connectivity index (χ4n) is 2.94. The molecule has 2 nitrogen and oxygen atoms in total. The normalized spacial score (nSPS) is 20.2. The lowest BCUT2D eigenvalue weighted by Crippen LogP contribution is -2.23. The van der Waals surface area contributed by atoms with Crippen LogP contribution in [-0.4, -0.2) is 10.1 Å². The molecule has 0 amide bonds. The lowest BCUT2D eigenvalue weighted by Gasteiger charge is -2.24. The highest BCUT2D eigenvalue weighted by Gasteiger charge is 2.35. The van der Waals surface area contributed by atoms with Crippen molar-refractivity contribution in [3.8, 4) is 0 Å². The Hall–Kier alpha value is -2.45. The van der Waals surface area contributed by atoms with Crippen LogP contribution in [0, 0.1) is 0 Å². The molecule has 0 bridgehead atoms. The van der Waals surface area contributed by atoms with Gasteiger partial charge in [0.15, 0.2) is 0 Å². The van der Waals surface area contributed by atoms with E-state index in [2.05, 4.69) is 4.98 Å². The summed E-state index contributed by atoms with van der Waals surface area (Å²) < 4.78 is 0. The molecular weight excluding hydrogens is 246 g/mol. The van der Waals surface area contributed by atoms with Crippen LogP contribution in [0.5, 0.6) is 0 Å². The van der Waals surface area contributed by atoms with Crippen molar-refractivity contribution >= 4 is 17.0 Å². The van der Waals surface area contributed by atoms with Crippen molar-refractivity contribution in [1.82, 2.24) is 4.98 Å². The van der Waals surface area contributed by atoms with E-state index in [1.165, 1.54) is 0 Å². The van der Waals surface area contributed by atoms with Crippen molar-refractivity contribution in [2.75, 3.05) is 0 Å². The van der Waals surface area contributed by atoms with Gasteiger partial charge in [0, 0.05) is 17.1 Å². The third kappa shape index (κ3) is 1.46. The van der Waals surface area contributed by atoms with Crippen LogP contribution in [0.15, 0.2) is 66.9 Å². The average molecular weight is 259 g/mol. The van der Waals surface area contributed by atoms with Gasteiger partial charge in [-0.1, -0.05) is 54.6 Å². The zero-order valence-corrected chi connectivity index (χ0v) is 10.8. The van der Waals surface area contributed by atoms with Gasteiger partial charge in [0.05, 0.1) is 5.52 Å². The van der Waals surface area contributed by atoms with Crippen molar-refractivity contribution in [2.24, 2.45) is 0 Å². The first-order valence-electron chi connectivity index (χ1n) is 6.64. The number of pyridine rings is 1. The number of para-hydroxylation sites is 1. The number of hydrogen-bond acceptors (Lipinski definition) is 2. The Morgan fingerprint density at radius 3 is 2.60 bits per heavy atom. The highest BCUT2D eigenvalue weighted by molar-refractivity contribution is 5.85. The van der Waals surface area contributed by atoms with E-state index in [4.69, 9.17) is 0 Å². The fourth-order valence-corrected chi connectivity index (χ4v) is 2.94. The Labute approximate surface area is 117 Å². The number of benzene rings is 2. The zero-order valence-electron chi connectivity index (χ0n) is 10.8. The minimum Gasteiger partial charge on any atom is -0.377 e. The van der Waals surface area contributed by atoms with E-state index in [0.717, 1.165) is 27.6 Å². The number of aliphatic hydroxyl groups is 1. The second-order valence-electron chi connectivity index (χ2n) is 5.07. The van der Waals surface area contributed by atoms with Crippen molar-refractivity contribution in [3.05, 3.63) is 83.6 Å². The standard InChI is InChI=1S/C18H13NO/c20-18(11-10-13-5-1-2-8-15(13)18)16-9-3-6-14-7-4-12-19-17(14)16/h1-12,20H. The van der Waals surface area contributed by atoms with E-state index in [9.17, 15) is 5.11 Å². The summed E-state index contributed by atoms with van der Waals surface area (Å²) in [6, 6.07) is 17.8. The molecule has 0 fully saturated rings. The number of fused-ring (bicyclic) bond motifs is 2. The Kier molecular flexibility index (Phi) is 2.29. The van der Waals surface area contributed by atoms with E-state index in [1.807, 2.05) is 66.7 Å². The molecule has 0 aliphatic heterocycles. The smallest absolute Gasteiger partial charge is 0.136 e. The number of nitrogens with zero attached hydrogens (tertiary/aromatic N) is 1. The summed E-state index contributed by atoms with van der Waals surface area (Å²) in [6.45, 7) is 0. The van der Waals surface area contributed by atoms with Gasteiger partial charge in [0.1, 0.15) is 5.60 Å². The maximum atomic E-state index is 11.2. The van der Waals surface area contributed by atoms with Gasteiger partial charge in [-0.15, -0.1) is 0 Å². The third-order valence-corrected chi connectivity index (χ3v) is 3.92. The lowest BCUT2D eigenvalue weighted by molar-refractivity contribution is 0.139. The molecule has 1 unspecified atom stereocenters. The Balaban J connectivity index is 2.03. The van der Waals surface area contributed by atoms with Crippen molar-refractivity contribution in [3.63, 3.8) is 0 Å². The average Bonchev–Trinajstić information content (AvgIpc) is 2.86. The molecule has 1 aliphatic carbocycles. The highest BCUT2D eigenvalue weighted by Crippen LogP contribution is 2.41. The van der Waals surface area contributed by atoms with E-state index in [-0.39, 0.29) is 0 Å². The van der Waals surface area contributed by atoms with Crippen LogP contribution in [0.25, 0.3) is 17.0 Å². The summed E-state index contributed by atoms with van der Waals surface area (Å²) in [7, 11) is 0. The molecule has 2 heteroatoms. The number of hydrogen-bond donors (Lipinski definition) is 1. The third-order valence-electron chi connectivity index (χ3n) is 3.92. The molecule has 0 radical (unpaired) electrons. The van der Waals surface area contributed by atoms with Crippen LogP contribution in [0.1, 0.15) is 16.7 Å². The SMILES string of the molecule is OC1(c2cccc3cccnc23)C=Cc2ccccc21. The van der Waals surface area contributed by atoms with Crippen LogP contribution in [0.2, 0.25) is 0 Å². The minimum absolute atomic E-state index is 0.830. The van der Waals surface area contributed by atoms with Gasteiger partial charge in [0.2, 0.25) is 0 Å². The molecule has 1 aromatic heterocycles. The largest absolute Gasteiger partial charge is 0.377 e. The van der Waals surface area contributed by atoms with Gasteiger partial charge < -0.3 is 5.11 Å².